The van der Waals surface area contributed by atoms with Crippen LogP contribution in [0.3, 0.4) is 0 Å². The second-order valence-corrected chi connectivity index (χ2v) is 4.88. The summed E-state index contributed by atoms with van der Waals surface area (Å²) in [6, 6.07) is 7.71. The largest absolute Gasteiger partial charge is 0.333 e. The number of benzene rings is 1. The lowest BCUT2D eigenvalue weighted by molar-refractivity contribution is 0.244. The second-order valence-electron chi connectivity index (χ2n) is 4.88. The standard InChI is InChI=1S/C13H20N2O/c1-5-10-7-6-8-11(9-10)14-12(16)15-13(2,3)4/h6-9H,5H2,1-4H3,(H2,14,15,16). The van der Waals surface area contributed by atoms with Crippen LogP contribution in [-0.4, -0.2) is 11.6 Å². The quantitative estimate of drug-likeness (QED) is 0.789. The topological polar surface area (TPSA) is 41.1 Å². The number of carbonyl (C=O) groups excluding carboxylic acids is 1. The average molecular weight is 220 g/mol. The molecule has 1 rings (SSSR count). The molecule has 0 aliphatic carbocycles. The monoisotopic (exact) mass is 220 g/mol. The van der Waals surface area contributed by atoms with E-state index >= 15 is 0 Å². The van der Waals surface area contributed by atoms with Gasteiger partial charge in [0.05, 0.1) is 0 Å². The first-order chi connectivity index (χ1) is 7.40. The number of aryl methyl sites for hydroxylation is 1. The molecule has 0 radical (unpaired) electrons. The fourth-order valence-corrected chi connectivity index (χ4v) is 1.37. The number of amides is 2. The summed E-state index contributed by atoms with van der Waals surface area (Å²) >= 11 is 0. The molecule has 1 aromatic carbocycles. The smallest absolute Gasteiger partial charge is 0.319 e. The highest BCUT2D eigenvalue weighted by molar-refractivity contribution is 5.89. The number of hydrogen-bond donors (Lipinski definition) is 2. The zero-order valence-corrected chi connectivity index (χ0v) is 10.4. The Labute approximate surface area is 97.2 Å². The van der Waals surface area contributed by atoms with Crippen LogP contribution in [0.4, 0.5) is 10.5 Å². The molecule has 1 aromatic rings. The third-order valence-electron chi connectivity index (χ3n) is 2.08. The first-order valence-electron chi connectivity index (χ1n) is 5.59. The molecule has 0 saturated heterocycles. The fourth-order valence-electron chi connectivity index (χ4n) is 1.37. The van der Waals surface area contributed by atoms with Crippen molar-refractivity contribution in [3.05, 3.63) is 29.8 Å². The predicted molar refractivity (Wildman–Crippen MR) is 67.7 cm³/mol. The van der Waals surface area contributed by atoms with Gasteiger partial charge in [-0.3, -0.25) is 0 Å². The summed E-state index contributed by atoms with van der Waals surface area (Å²) < 4.78 is 0. The summed E-state index contributed by atoms with van der Waals surface area (Å²) in [4.78, 5) is 11.6. The van der Waals surface area contributed by atoms with Crippen molar-refractivity contribution in [3.63, 3.8) is 0 Å². The molecule has 88 valence electrons. The molecule has 0 heterocycles. The van der Waals surface area contributed by atoms with Crippen molar-refractivity contribution >= 4 is 11.7 Å². The lowest BCUT2D eigenvalue weighted by Gasteiger charge is -2.20. The van der Waals surface area contributed by atoms with E-state index in [1.165, 1.54) is 5.56 Å². The van der Waals surface area contributed by atoms with E-state index in [-0.39, 0.29) is 11.6 Å². The van der Waals surface area contributed by atoms with Gasteiger partial charge < -0.3 is 10.6 Å². The van der Waals surface area contributed by atoms with E-state index in [4.69, 9.17) is 0 Å². The van der Waals surface area contributed by atoms with Crippen LogP contribution in [0.25, 0.3) is 0 Å². The van der Waals surface area contributed by atoms with Crippen LogP contribution >= 0.6 is 0 Å². The van der Waals surface area contributed by atoms with Gasteiger partial charge in [0.2, 0.25) is 0 Å². The minimum atomic E-state index is -0.216. The average Bonchev–Trinajstić information content (AvgIpc) is 2.15. The Hall–Kier alpha value is -1.51. The van der Waals surface area contributed by atoms with Crippen molar-refractivity contribution in [2.75, 3.05) is 5.32 Å². The van der Waals surface area contributed by atoms with Crippen molar-refractivity contribution in [3.8, 4) is 0 Å². The van der Waals surface area contributed by atoms with E-state index in [9.17, 15) is 4.79 Å². The Morgan fingerprint density at radius 2 is 2.00 bits per heavy atom. The zero-order valence-electron chi connectivity index (χ0n) is 10.4. The van der Waals surface area contributed by atoms with Gasteiger partial charge in [0.1, 0.15) is 0 Å². The maximum atomic E-state index is 11.6. The van der Waals surface area contributed by atoms with Crippen molar-refractivity contribution in [1.29, 1.82) is 0 Å². The second kappa shape index (κ2) is 5.01. The van der Waals surface area contributed by atoms with Crippen LogP contribution in [0, 0.1) is 0 Å². The van der Waals surface area contributed by atoms with E-state index in [1.54, 1.807) is 0 Å². The number of rotatable bonds is 2. The van der Waals surface area contributed by atoms with Gasteiger partial charge in [0.15, 0.2) is 0 Å². The highest BCUT2D eigenvalue weighted by atomic mass is 16.2. The Bertz CT molecular complexity index is 366. The van der Waals surface area contributed by atoms with E-state index in [1.807, 2.05) is 45.0 Å². The minimum Gasteiger partial charge on any atom is -0.333 e. The summed E-state index contributed by atoms with van der Waals surface area (Å²) in [6.07, 6.45) is 0.969. The molecule has 0 aromatic heterocycles. The molecule has 0 saturated carbocycles. The maximum Gasteiger partial charge on any atom is 0.319 e. The molecular weight excluding hydrogens is 200 g/mol. The molecule has 0 bridgehead atoms. The van der Waals surface area contributed by atoms with Crippen LogP contribution in [0.15, 0.2) is 24.3 Å². The van der Waals surface area contributed by atoms with Crippen molar-refractivity contribution in [2.24, 2.45) is 0 Å². The number of nitrogens with one attached hydrogen (secondary N) is 2. The molecule has 0 aliphatic heterocycles. The fraction of sp³-hybridized carbons (Fsp3) is 0.462. The van der Waals surface area contributed by atoms with Crippen LogP contribution < -0.4 is 10.6 Å². The van der Waals surface area contributed by atoms with Gasteiger partial charge in [-0.2, -0.15) is 0 Å². The van der Waals surface area contributed by atoms with Crippen molar-refractivity contribution < 1.29 is 4.79 Å². The van der Waals surface area contributed by atoms with Crippen LogP contribution in [0.5, 0.6) is 0 Å². The van der Waals surface area contributed by atoms with Crippen LogP contribution in [-0.2, 0) is 6.42 Å². The third kappa shape index (κ3) is 4.34. The van der Waals surface area contributed by atoms with Gasteiger partial charge in [-0.15, -0.1) is 0 Å². The van der Waals surface area contributed by atoms with Crippen LogP contribution in [0.2, 0.25) is 0 Å². The van der Waals surface area contributed by atoms with Gasteiger partial charge in [0.25, 0.3) is 0 Å². The number of hydrogen-bond acceptors (Lipinski definition) is 1. The van der Waals surface area contributed by atoms with Gasteiger partial charge >= 0.3 is 6.03 Å². The molecule has 0 aliphatic rings. The van der Waals surface area contributed by atoms with Crippen LogP contribution in [0.1, 0.15) is 33.3 Å². The highest BCUT2D eigenvalue weighted by Crippen LogP contribution is 2.11. The van der Waals surface area contributed by atoms with Gasteiger partial charge in [-0.1, -0.05) is 19.1 Å². The Morgan fingerprint density at radius 1 is 1.31 bits per heavy atom. The molecule has 2 N–H and O–H groups in total. The van der Waals surface area contributed by atoms with Crippen molar-refractivity contribution in [2.45, 2.75) is 39.7 Å². The summed E-state index contributed by atoms with van der Waals surface area (Å²) in [5.74, 6) is 0. The normalized spacial score (nSPS) is 11.0. The Morgan fingerprint density at radius 3 is 2.56 bits per heavy atom. The molecule has 0 atom stereocenters. The molecule has 2 amide bonds. The number of anilines is 1. The van der Waals surface area contributed by atoms with E-state index in [2.05, 4.69) is 17.6 Å². The third-order valence-corrected chi connectivity index (χ3v) is 2.08. The Kier molecular flexibility index (Phi) is 3.93. The minimum absolute atomic E-state index is 0.166. The maximum absolute atomic E-state index is 11.6. The first-order valence-corrected chi connectivity index (χ1v) is 5.59. The van der Waals surface area contributed by atoms with Gasteiger partial charge in [0, 0.05) is 11.2 Å². The van der Waals surface area contributed by atoms with Gasteiger partial charge in [-0.05, 0) is 44.9 Å². The summed E-state index contributed by atoms with van der Waals surface area (Å²) in [5, 5.41) is 5.68. The zero-order chi connectivity index (χ0) is 12.2. The highest BCUT2D eigenvalue weighted by Gasteiger charge is 2.13. The van der Waals surface area contributed by atoms with Crippen molar-refractivity contribution in [1.82, 2.24) is 5.32 Å². The molecular formula is C13H20N2O. The van der Waals surface area contributed by atoms with Gasteiger partial charge in [-0.25, -0.2) is 4.79 Å². The summed E-state index contributed by atoms with van der Waals surface area (Å²) in [7, 11) is 0. The molecule has 3 nitrogen and oxygen atoms in total. The summed E-state index contributed by atoms with van der Waals surface area (Å²) in [5.41, 5.74) is 1.83. The number of carbonyl (C=O) groups is 1. The number of urea groups is 1. The molecule has 0 fully saturated rings. The first kappa shape index (κ1) is 12.6. The van der Waals surface area contributed by atoms with E-state index in [0.717, 1.165) is 12.1 Å². The molecule has 0 spiro atoms. The predicted octanol–water partition coefficient (Wildman–Crippen LogP) is 3.17. The van der Waals surface area contributed by atoms with E-state index in [0.29, 0.717) is 0 Å². The molecule has 0 unspecified atom stereocenters. The molecule has 16 heavy (non-hydrogen) atoms. The SMILES string of the molecule is CCc1cccc(NC(=O)NC(C)(C)C)c1. The molecule has 3 heteroatoms. The van der Waals surface area contributed by atoms with E-state index < -0.39 is 0 Å². The summed E-state index contributed by atoms with van der Waals surface area (Å²) in [6.45, 7) is 7.95. The lowest BCUT2D eigenvalue weighted by atomic mass is 10.1. The Balaban J connectivity index is 2.62. The lowest BCUT2D eigenvalue weighted by Crippen LogP contribution is -2.43.